The Morgan fingerprint density at radius 1 is 1.20 bits per heavy atom. The van der Waals surface area contributed by atoms with Crippen LogP contribution in [0.1, 0.15) is 25.0 Å². The van der Waals surface area contributed by atoms with Gasteiger partial charge in [-0.05, 0) is 31.5 Å². The molecule has 0 atom stereocenters. The third-order valence-corrected chi connectivity index (χ3v) is 4.75. The highest BCUT2D eigenvalue weighted by Gasteiger charge is 2.34. The molecule has 0 aromatic heterocycles. The quantitative estimate of drug-likeness (QED) is 0.679. The van der Waals surface area contributed by atoms with E-state index in [9.17, 15) is 17.7 Å². The first kappa shape index (κ1) is 17.5. The van der Waals surface area contributed by atoms with Gasteiger partial charge in [0.25, 0.3) is 0 Å². The fourth-order valence-electron chi connectivity index (χ4n) is 1.63. The molecule has 0 radical (unpaired) electrons. The van der Waals surface area contributed by atoms with Crippen molar-refractivity contribution in [1.82, 2.24) is 0 Å². The van der Waals surface area contributed by atoms with E-state index in [4.69, 9.17) is 20.6 Å². The predicted molar refractivity (Wildman–Crippen MR) is 71.0 cm³/mol. The predicted octanol–water partition coefficient (Wildman–Crippen LogP) is 5.12. The van der Waals surface area contributed by atoms with Gasteiger partial charge < -0.3 is 9.05 Å². The molecule has 0 aliphatic carbocycles. The molecule has 0 heterocycles. The molecule has 0 fully saturated rings. The smallest absolute Gasteiger partial charge is 0.309 e. The molecule has 0 spiro atoms. The van der Waals surface area contributed by atoms with Crippen LogP contribution in [0.15, 0.2) is 18.2 Å². The van der Waals surface area contributed by atoms with Crippen LogP contribution in [0.2, 0.25) is 5.02 Å². The Morgan fingerprint density at radius 2 is 1.75 bits per heavy atom. The van der Waals surface area contributed by atoms with Gasteiger partial charge in [-0.3, -0.25) is 4.57 Å². The number of halogens is 4. The summed E-state index contributed by atoms with van der Waals surface area (Å²) in [5, 5.41) is -0.399. The van der Waals surface area contributed by atoms with Crippen molar-refractivity contribution < 1.29 is 26.8 Å². The molecule has 0 aliphatic rings. The molecule has 0 saturated heterocycles. The zero-order valence-corrected chi connectivity index (χ0v) is 12.7. The number of alkyl halides is 3. The zero-order chi connectivity index (χ0) is 15.4. The summed E-state index contributed by atoms with van der Waals surface area (Å²) in [7, 11) is -3.44. The van der Waals surface area contributed by atoms with Gasteiger partial charge in [0.2, 0.25) is 0 Å². The summed E-state index contributed by atoms with van der Waals surface area (Å²) in [6.45, 7) is 3.57. The first-order valence-corrected chi connectivity index (χ1v) is 8.06. The van der Waals surface area contributed by atoms with Crippen LogP contribution >= 0.6 is 19.2 Å². The molecular formula is C12H15ClF3O3P. The Bertz CT molecular complexity index is 495. The minimum atomic E-state index is -4.56. The van der Waals surface area contributed by atoms with Gasteiger partial charge in [0.15, 0.2) is 0 Å². The molecule has 0 bridgehead atoms. The molecule has 20 heavy (non-hydrogen) atoms. The maximum absolute atomic E-state index is 12.7. The lowest BCUT2D eigenvalue weighted by Gasteiger charge is -2.18. The largest absolute Gasteiger partial charge is 0.417 e. The topological polar surface area (TPSA) is 35.5 Å². The first-order valence-electron chi connectivity index (χ1n) is 5.95. The standard InChI is InChI=1S/C12H15ClF3O3P/c1-3-18-20(17,19-4-2)8-9-5-6-11(13)10(7-9)12(14,15)16/h5-7H,3-4,8H2,1-2H3. The van der Waals surface area contributed by atoms with Gasteiger partial charge in [-0.25, -0.2) is 0 Å². The lowest BCUT2D eigenvalue weighted by molar-refractivity contribution is -0.137. The van der Waals surface area contributed by atoms with Crippen molar-refractivity contribution in [1.29, 1.82) is 0 Å². The number of hydrogen-bond donors (Lipinski definition) is 0. The van der Waals surface area contributed by atoms with Crippen LogP contribution in [0.3, 0.4) is 0 Å². The third-order valence-electron chi connectivity index (χ3n) is 2.36. The van der Waals surface area contributed by atoms with Gasteiger partial charge >= 0.3 is 13.8 Å². The Hall–Kier alpha value is -0.550. The third kappa shape index (κ3) is 4.77. The van der Waals surface area contributed by atoms with Crippen molar-refractivity contribution in [2.45, 2.75) is 26.2 Å². The van der Waals surface area contributed by atoms with E-state index in [1.54, 1.807) is 13.8 Å². The van der Waals surface area contributed by atoms with E-state index in [1.807, 2.05) is 0 Å². The molecular weight excluding hydrogens is 316 g/mol. The van der Waals surface area contributed by atoms with Gasteiger partial charge in [0.05, 0.1) is 30.0 Å². The van der Waals surface area contributed by atoms with Crippen molar-refractivity contribution in [3.05, 3.63) is 34.3 Å². The van der Waals surface area contributed by atoms with Crippen LogP contribution < -0.4 is 0 Å². The maximum atomic E-state index is 12.7. The normalized spacial score (nSPS) is 12.7. The molecule has 0 aliphatic heterocycles. The monoisotopic (exact) mass is 330 g/mol. The van der Waals surface area contributed by atoms with Crippen molar-refractivity contribution in [2.24, 2.45) is 0 Å². The minimum absolute atomic E-state index is 0.150. The molecule has 114 valence electrons. The second kappa shape index (κ2) is 6.94. The van der Waals surface area contributed by atoms with Crippen molar-refractivity contribution in [2.75, 3.05) is 13.2 Å². The fraction of sp³-hybridized carbons (Fsp3) is 0.500. The highest BCUT2D eigenvalue weighted by Crippen LogP contribution is 2.51. The van der Waals surface area contributed by atoms with Crippen LogP contribution in [0.4, 0.5) is 13.2 Å². The fourth-order valence-corrected chi connectivity index (χ4v) is 3.55. The van der Waals surface area contributed by atoms with Gasteiger partial charge in [-0.1, -0.05) is 17.7 Å². The molecule has 1 rings (SSSR count). The van der Waals surface area contributed by atoms with Gasteiger partial charge in [0.1, 0.15) is 0 Å². The molecule has 8 heteroatoms. The van der Waals surface area contributed by atoms with E-state index in [2.05, 4.69) is 0 Å². The van der Waals surface area contributed by atoms with E-state index >= 15 is 0 Å². The average Bonchev–Trinajstić information content (AvgIpc) is 2.30. The lowest BCUT2D eigenvalue weighted by Crippen LogP contribution is -2.07. The second-order valence-electron chi connectivity index (χ2n) is 3.92. The summed E-state index contributed by atoms with van der Waals surface area (Å²) < 4.78 is 60.6. The van der Waals surface area contributed by atoms with Crippen LogP contribution in [-0.2, 0) is 26.0 Å². The molecule has 0 amide bonds. The Balaban J connectivity index is 3.06. The summed E-state index contributed by atoms with van der Waals surface area (Å²) >= 11 is 5.52. The van der Waals surface area contributed by atoms with E-state index in [0.29, 0.717) is 0 Å². The van der Waals surface area contributed by atoms with E-state index < -0.39 is 24.4 Å². The Kier molecular flexibility index (Phi) is 6.07. The van der Waals surface area contributed by atoms with Gasteiger partial charge in [-0.2, -0.15) is 13.2 Å². The lowest BCUT2D eigenvalue weighted by atomic mass is 10.1. The second-order valence-corrected chi connectivity index (χ2v) is 6.38. The Labute approximate surface area is 120 Å². The van der Waals surface area contributed by atoms with Gasteiger partial charge in [0, 0.05) is 0 Å². The highest BCUT2D eigenvalue weighted by molar-refractivity contribution is 7.53. The maximum Gasteiger partial charge on any atom is 0.417 e. The number of rotatable bonds is 6. The van der Waals surface area contributed by atoms with Crippen LogP contribution in [0.25, 0.3) is 0 Å². The molecule has 0 N–H and O–H groups in total. The van der Waals surface area contributed by atoms with Crippen molar-refractivity contribution in [3.63, 3.8) is 0 Å². The summed E-state index contributed by atoms with van der Waals surface area (Å²) in [5.74, 6) is 0. The SMILES string of the molecule is CCOP(=O)(Cc1ccc(Cl)c(C(F)(F)F)c1)OCC. The summed E-state index contributed by atoms with van der Waals surface area (Å²) in [4.78, 5) is 0. The molecule has 0 saturated carbocycles. The first-order chi connectivity index (χ1) is 9.22. The summed E-state index contributed by atoms with van der Waals surface area (Å²) in [5.41, 5.74) is -0.761. The van der Waals surface area contributed by atoms with Gasteiger partial charge in [-0.15, -0.1) is 0 Å². The van der Waals surface area contributed by atoms with E-state index in [-0.39, 0.29) is 24.9 Å². The van der Waals surface area contributed by atoms with Crippen molar-refractivity contribution in [3.8, 4) is 0 Å². The van der Waals surface area contributed by atoms with E-state index in [1.165, 1.54) is 6.07 Å². The average molecular weight is 331 g/mol. The van der Waals surface area contributed by atoms with E-state index in [0.717, 1.165) is 12.1 Å². The van der Waals surface area contributed by atoms with Crippen LogP contribution in [0.5, 0.6) is 0 Å². The molecule has 1 aromatic carbocycles. The zero-order valence-electron chi connectivity index (χ0n) is 11.0. The minimum Gasteiger partial charge on any atom is -0.309 e. The molecule has 3 nitrogen and oxygen atoms in total. The number of benzene rings is 1. The summed E-state index contributed by atoms with van der Waals surface area (Å²) in [6.07, 6.45) is -4.79. The van der Waals surface area contributed by atoms with Crippen LogP contribution in [-0.4, -0.2) is 13.2 Å². The highest BCUT2D eigenvalue weighted by atomic mass is 35.5. The van der Waals surface area contributed by atoms with Crippen molar-refractivity contribution >= 4 is 19.2 Å². The summed E-state index contributed by atoms with van der Waals surface area (Å²) in [6, 6.07) is 3.37. The van der Waals surface area contributed by atoms with Crippen LogP contribution in [0, 0.1) is 0 Å². The number of hydrogen-bond acceptors (Lipinski definition) is 3. The molecule has 1 aromatic rings. The molecule has 0 unspecified atom stereocenters. The Morgan fingerprint density at radius 3 is 2.20 bits per heavy atom.